The number of carbonyl (C=O) groups excluding carboxylic acids is 1. The fourth-order valence-electron chi connectivity index (χ4n) is 2.90. The van der Waals surface area contributed by atoms with Crippen LogP contribution in [0.15, 0.2) is 42.5 Å². The van der Waals surface area contributed by atoms with Crippen molar-refractivity contribution in [3.63, 3.8) is 0 Å². The average molecular weight is 309 g/mol. The molecule has 120 valence electrons. The zero-order valence-corrected chi connectivity index (χ0v) is 13.8. The molecule has 0 unspecified atom stereocenters. The van der Waals surface area contributed by atoms with E-state index in [2.05, 4.69) is 5.32 Å². The molecule has 0 aliphatic heterocycles. The Morgan fingerprint density at radius 1 is 1.00 bits per heavy atom. The summed E-state index contributed by atoms with van der Waals surface area (Å²) in [5, 5.41) is 2.93. The quantitative estimate of drug-likeness (QED) is 0.874. The van der Waals surface area contributed by atoms with Crippen LogP contribution < -0.4 is 10.1 Å². The van der Waals surface area contributed by atoms with Crippen LogP contribution in [0.4, 0.5) is 5.69 Å². The van der Waals surface area contributed by atoms with Gasteiger partial charge in [-0.2, -0.15) is 0 Å². The Morgan fingerprint density at radius 3 is 2.35 bits per heavy atom. The summed E-state index contributed by atoms with van der Waals surface area (Å²) in [5.41, 5.74) is 3.78. The summed E-state index contributed by atoms with van der Waals surface area (Å²) in [6.07, 6.45) is 5.16. The normalized spacial score (nSPS) is 14.7. The van der Waals surface area contributed by atoms with Crippen LogP contribution in [0.2, 0.25) is 0 Å². The molecule has 1 saturated carbocycles. The van der Waals surface area contributed by atoms with Crippen molar-refractivity contribution in [2.45, 2.75) is 45.6 Å². The van der Waals surface area contributed by atoms with Crippen molar-refractivity contribution >= 4 is 11.6 Å². The number of ether oxygens (including phenoxy) is 1. The maximum Gasteiger partial charge on any atom is 0.255 e. The molecule has 0 saturated heterocycles. The molecule has 23 heavy (non-hydrogen) atoms. The molecule has 0 atom stereocenters. The predicted octanol–water partition coefficient (Wildman–Crippen LogP) is 4.88. The van der Waals surface area contributed by atoms with E-state index in [0.717, 1.165) is 29.8 Å². The molecule has 0 heterocycles. The van der Waals surface area contributed by atoms with Gasteiger partial charge in [0.15, 0.2) is 0 Å². The second-order valence-electron chi connectivity index (χ2n) is 6.30. The monoisotopic (exact) mass is 309 g/mol. The second-order valence-corrected chi connectivity index (χ2v) is 6.30. The fourth-order valence-corrected chi connectivity index (χ4v) is 2.90. The standard InChI is InChI=1S/C20H23NO2/c1-14-7-8-16(13-15(14)2)20(22)21-17-9-11-19(12-10-17)23-18-5-3-4-6-18/h7-13,18H,3-6H2,1-2H3,(H,21,22). The number of carbonyl (C=O) groups is 1. The predicted molar refractivity (Wildman–Crippen MR) is 93.2 cm³/mol. The van der Waals surface area contributed by atoms with Crippen molar-refractivity contribution in [1.82, 2.24) is 0 Å². The molecule has 0 aromatic heterocycles. The summed E-state index contributed by atoms with van der Waals surface area (Å²) in [5.74, 6) is 0.790. The van der Waals surface area contributed by atoms with Crippen LogP contribution in [0.5, 0.6) is 5.75 Å². The van der Waals surface area contributed by atoms with Gasteiger partial charge in [-0.25, -0.2) is 0 Å². The average Bonchev–Trinajstić information content (AvgIpc) is 3.05. The zero-order valence-electron chi connectivity index (χ0n) is 13.8. The Labute approximate surface area is 137 Å². The van der Waals surface area contributed by atoms with Gasteiger partial charge in [-0.3, -0.25) is 4.79 Å². The van der Waals surface area contributed by atoms with E-state index in [0.29, 0.717) is 11.7 Å². The highest BCUT2D eigenvalue weighted by atomic mass is 16.5. The van der Waals surface area contributed by atoms with Crippen molar-refractivity contribution in [3.8, 4) is 5.75 Å². The summed E-state index contributed by atoms with van der Waals surface area (Å²) in [7, 11) is 0. The Bertz CT molecular complexity index is 685. The lowest BCUT2D eigenvalue weighted by atomic mass is 10.1. The maximum absolute atomic E-state index is 12.3. The zero-order chi connectivity index (χ0) is 16.2. The molecule has 1 fully saturated rings. The summed E-state index contributed by atoms with van der Waals surface area (Å²) in [6.45, 7) is 4.06. The van der Waals surface area contributed by atoms with Gasteiger partial charge >= 0.3 is 0 Å². The molecular weight excluding hydrogens is 286 g/mol. The lowest BCUT2D eigenvalue weighted by Crippen LogP contribution is -2.13. The maximum atomic E-state index is 12.3. The van der Waals surface area contributed by atoms with Gasteiger partial charge in [-0.1, -0.05) is 6.07 Å². The Morgan fingerprint density at radius 2 is 1.70 bits per heavy atom. The first-order chi connectivity index (χ1) is 11.1. The number of nitrogens with one attached hydrogen (secondary N) is 1. The number of benzene rings is 2. The van der Waals surface area contributed by atoms with E-state index in [9.17, 15) is 4.79 Å². The lowest BCUT2D eigenvalue weighted by Gasteiger charge is -2.13. The van der Waals surface area contributed by atoms with E-state index in [1.54, 1.807) is 0 Å². The van der Waals surface area contributed by atoms with E-state index in [4.69, 9.17) is 4.74 Å². The number of aryl methyl sites for hydroxylation is 2. The van der Waals surface area contributed by atoms with Crippen molar-refractivity contribution in [3.05, 3.63) is 59.2 Å². The molecule has 2 aromatic carbocycles. The van der Waals surface area contributed by atoms with Gasteiger partial charge in [0.05, 0.1) is 6.10 Å². The number of hydrogen-bond acceptors (Lipinski definition) is 2. The van der Waals surface area contributed by atoms with Crippen LogP contribution in [0.3, 0.4) is 0 Å². The summed E-state index contributed by atoms with van der Waals surface area (Å²) < 4.78 is 5.94. The summed E-state index contributed by atoms with van der Waals surface area (Å²) >= 11 is 0. The van der Waals surface area contributed by atoms with Crippen LogP contribution in [0.25, 0.3) is 0 Å². The van der Waals surface area contributed by atoms with Gasteiger partial charge in [0.1, 0.15) is 5.75 Å². The highest BCUT2D eigenvalue weighted by molar-refractivity contribution is 6.04. The van der Waals surface area contributed by atoms with Gasteiger partial charge in [0.25, 0.3) is 5.91 Å². The van der Waals surface area contributed by atoms with Crippen LogP contribution in [0, 0.1) is 13.8 Å². The van der Waals surface area contributed by atoms with Crippen LogP contribution in [0.1, 0.15) is 47.2 Å². The molecule has 3 rings (SSSR count). The molecule has 1 aliphatic carbocycles. The summed E-state index contributed by atoms with van der Waals surface area (Å²) in [4.78, 5) is 12.3. The van der Waals surface area contributed by atoms with Crippen LogP contribution in [-0.4, -0.2) is 12.0 Å². The van der Waals surface area contributed by atoms with Crippen molar-refractivity contribution in [1.29, 1.82) is 0 Å². The summed E-state index contributed by atoms with van der Waals surface area (Å²) in [6, 6.07) is 13.4. The Hall–Kier alpha value is -2.29. The molecule has 0 spiro atoms. The molecule has 0 radical (unpaired) electrons. The molecule has 2 aromatic rings. The number of amides is 1. The van der Waals surface area contributed by atoms with E-state index >= 15 is 0 Å². The number of rotatable bonds is 4. The van der Waals surface area contributed by atoms with Crippen LogP contribution >= 0.6 is 0 Å². The van der Waals surface area contributed by atoms with Gasteiger partial charge in [-0.05, 0) is 87.1 Å². The molecule has 1 aliphatic rings. The number of hydrogen-bond donors (Lipinski definition) is 1. The van der Waals surface area contributed by atoms with Crippen molar-refractivity contribution in [2.75, 3.05) is 5.32 Å². The third kappa shape index (κ3) is 3.92. The van der Waals surface area contributed by atoms with E-state index in [1.807, 2.05) is 56.3 Å². The Kier molecular flexibility index (Phi) is 4.65. The van der Waals surface area contributed by atoms with Gasteiger partial charge < -0.3 is 10.1 Å². The molecule has 0 bridgehead atoms. The Balaban J connectivity index is 1.62. The third-order valence-electron chi connectivity index (χ3n) is 4.49. The van der Waals surface area contributed by atoms with Crippen molar-refractivity contribution in [2.24, 2.45) is 0 Å². The molecule has 1 amide bonds. The highest BCUT2D eigenvalue weighted by Gasteiger charge is 2.16. The van der Waals surface area contributed by atoms with Crippen molar-refractivity contribution < 1.29 is 9.53 Å². The van der Waals surface area contributed by atoms with Gasteiger partial charge in [-0.15, -0.1) is 0 Å². The van der Waals surface area contributed by atoms with Crippen LogP contribution in [-0.2, 0) is 0 Å². The minimum absolute atomic E-state index is 0.0856. The van der Waals surface area contributed by atoms with E-state index < -0.39 is 0 Å². The largest absolute Gasteiger partial charge is 0.490 e. The minimum atomic E-state index is -0.0856. The molecular formula is C20H23NO2. The van der Waals surface area contributed by atoms with Gasteiger partial charge in [0, 0.05) is 11.3 Å². The first-order valence-corrected chi connectivity index (χ1v) is 8.27. The SMILES string of the molecule is Cc1ccc(C(=O)Nc2ccc(OC3CCCC3)cc2)cc1C. The first-order valence-electron chi connectivity index (χ1n) is 8.27. The lowest BCUT2D eigenvalue weighted by molar-refractivity contribution is 0.102. The molecule has 3 heteroatoms. The van der Waals surface area contributed by atoms with E-state index in [1.165, 1.54) is 18.4 Å². The topological polar surface area (TPSA) is 38.3 Å². The first kappa shape index (κ1) is 15.6. The van der Waals surface area contributed by atoms with E-state index in [-0.39, 0.29) is 5.91 Å². The molecule has 3 nitrogen and oxygen atoms in total. The van der Waals surface area contributed by atoms with Gasteiger partial charge in [0.2, 0.25) is 0 Å². The smallest absolute Gasteiger partial charge is 0.255 e. The minimum Gasteiger partial charge on any atom is -0.490 e. The highest BCUT2D eigenvalue weighted by Crippen LogP contribution is 2.25. The third-order valence-corrected chi connectivity index (χ3v) is 4.49. The fraction of sp³-hybridized carbons (Fsp3) is 0.350. The second kappa shape index (κ2) is 6.86. The number of anilines is 1. The molecule has 1 N–H and O–H groups in total.